The Kier molecular flexibility index (Phi) is 8.89. The average Bonchev–Trinajstić information content (AvgIpc) is 2.97. The molecule has 0 saturated heterocycles. The van der Waals surface area contributed by atoms with E-state index in [0.717, 1.165) is 11.3 Å². The van der Waals surface area contributed by atoms with Crippen LogP contribution in [-0.2, 0) is 19.0 Å². The van der Waals surface area contributed by atoms with Crippen molar-refractivity contribution in [2.45, 2.75) is 20.8 Å². The highest BCUT2D eigenvalue weighted by molar-refractivity contribution is 7.18. The third-order valence-corrected chi connectivity index (χ3v) is 4.50. The molecule has 0 aliphatic heterocycles. The zero-order chi connectivity index (χ0) is 20.6. The Labute approximate surface area is 164 Å². The van der Waals surface area contributed by atoms with Crippen molar-refractivity contribution in [1.29, 1.82) is 0 Å². The van der Waals surface area contributed by atoms with Gasteiger partial charge in [-0.15, -0.1) is 33.2 Å². The summed E-state index contributed by atoms with van der Waals surface area (Å²) in [6.07, 6.45) is 0. The highest BCUT2D eigenvalue weighted by atomic mass is 35.5. The van der Waals surface area contributed by atoms with Crippen molar-refractivity contribution in [1.82, 2.24) is 0 Å². The second-order valence-corrected chi connectivity index (χ2v) is 6.06. The lowest BCUT2D eigenvalue weighted by molar-refractivity contribution is -0.138. The largest absolute Gasteiger partial charge is 0.508 e. The normalized spacial score (nSPS) is 11.9. The summed E-state index contributed by atoms with van der Waals surface area (Å²) in [5.74, 6) is -3.24. The van der Waals surface area contributed by atoms with Crippen LogP contribution < -0.4 is 0 Å². The van der Waals surface area contributed by atoms with Crippen molar-refractivity contribution in [2.24, 2.45) is 10.2 Å². The predicted octanol–water partition coefficient (Wildman–Crippen LogP) is 3.68. The van der Waals surface area contributed by atoms with E-state index in [0.29, 0.717) is 5.56 Å². The fraction of sp³-hybridized carbons (Fsp3) is 0.438. The number of carbonyl (C=O) groups excluding carboxylic acids is 3. The summed E-state index contributed by atoms with van der Waals surface area (Å²) < 4.78 is 14.4. The number of esters is 3. The number of allylic oxidation sites excluding steroid dienone is 1. The van der Waals surface area contributed by atoms with Gasteiger partial charge in [0.15, 0.2) is 5.00 Å². The first kappa shape index (κ1) is 22.6. The molecule has 1 rings (SSSR count). The molecule has 0 atom stereocenters. The van der Waals surface area contributed by atoms with Gasteiger partial charge in [-0.3, -0.25) is 0 Å². The molecule has 0 aliphatic carbocycles. The van der Waals surface area contributed by atoms with Crippen LogP contribution in [0.3, 0.4) is 0 Å². The Morgan fingerprint density at radius 2 is 1.78 bits per heavy atom. The molecule has 1 heterocycles. The second kappa shape index (κ2) is 10.6. The van der Waals surface area contributed by atoms with E-state index < -0.39 is 35.2 Å². The molecular formula is C16H19ClN2O7S. The van der Waals surface area contributed by atoms with Crippen LogP contribution in [0.15, 0.2) is 21.7 Å². The first-order chi connectivity index (χ1) is 12.8. The zero-order valence-corrected chi connectivity index (χ0v) is 16.8. The first-order valence-corrected chi connectivity index (χ1v) is 9.13. The Balaban J connectivity index is 3.46. The van der Waals surface area contributed by atoms with E-state index in [1.165, 1.54) is 14.0 Å². The van der Waals surface area contributed by atoms with Crippen LogP contribution in [0.1, 0.15) is 39.4 Å². The molecule has 1 aromatic rings. The number of aliphatic hydroxyl groups excluding tert-OH is 1. The third-order valence-electron chi connectivity index (χ3n) is 3.09. The van der Waals surface area contributed by atoms with E-state index in [-0.39, 0.29) is 28.7 Å². The minimum absolute atomic E-state index is 0.00974. The second-order valence-electron chi connectivity index (χ2n) is 4.80. The van der Waals surface area contributed by atoms with Crippen LogP contribution in [0.2, 0.25) is 0 Å². The molecule has 0 spiro atoms. The lowest BCUT2D eigenvalue weighted by Gasteiger charge is -2.04. The van der Waals surface area contributed by atoms with Gasteiger partial charge in [-0.1, -0.05) is 0 Å². The number of hydrogen-bond donors (Lipinski definition) is 1. The molecule has 0 amide bonds. The Bertz CT molecular complexity index is 786. The Morgan fingerprint density at radius 1 is 1.15 bits per heavy atom. The maximum absolute atomic E-state index is 12.2. The summed E-state index contributed by atoms with van der Waals surface area (Å²) in [6, 6.07) is 0. The van der Waals surface area contributed by atoms with Crippen molar-refractivity contribution in [3.63, 3.8) is 0 Å². The number of aliphatic hydroxyl groups is 1. The van der Waals surface area contributed by atoms with Crippen LogP contribution in [0.25, 0.3) is 0 Å². The van der Waals surface area contributed by atoms with E-state index in [2.05, 4.69) is 15.0 Å². The minimum atomic E-state index is -0.932. The molecule has 148 valence electrons. The summed E-state index contributed by atoms with van der Waals surface area (Å²) in [5.41, 5.74) is -0.186. The number of hydrogen-bond acceptors (Lipinski definition) is 10. The Hall–Kier alpha value is -2.46. The van der Waals surface area contributed by atoms with Crippen molar-refractivity contribution < 1.29 is 33.7 Å². The van der Waals surface area contributed by atoms with Gasteiger partial charge in [0.2, 0.25) is 5.70 Å². The summed E-state index contributed by atoms with van der Waals surface area (Å²) in [6.45, 7) is 4.90. The van der Waals surface area contributed by atoms with Gasteiger partial charge < -0.3 is 19.3 Å². The maximum atomic E-state index is 12.2. The maximum Gasteiger partial charge on any atom is 0.362 e. The molecule has 1 N–H and O–H groups in total. The van der Waals surface area contributed by atoms with Crippen LogP contribution in [0.5, 0.6) is 0 Å². The molecule has 0 bridgehead atoms. The fourth-order valence-electron chi connectivity index (χ4n) is 1.87. The Morgan fingerprint density at radius 3 is 2.30 bits per heavy atom. The van der Waals surface area contributed by atoms with Gasteiger partial charge >= 0.3 is 17.9 Å². The molecular weight excluding hydrogens is 400 g/mol. The summed E-state index contributed by atoms with van der Waals surface area (Å²) in [4.78, 5) is 36.2. The van der Waals surface area contributed by atoms with Gasteiger partial charge in [0, 0.05) is 0 Å². The highest BCUT2D eigenvalue weighted by Crippen LogP contribution is 2.37. The van der Waals surface area contributed by atoms with Crippen molar-refractivity contribution in [2.75, 3.05) is 26.2 Å². The van der Waals surface area contributed by atoms with E-state index in [4.69, 9.17) is 21.1 Å². The molecule has 1 aromatic heterocycles. The van der Waals surface area contributed by atoms with Gasteiger partial charge in [-0.25, -0.2) is 14.4 Å². The third kappa shape index (κ3) is 5.51. The molecule has 0 fully saturated rings. The molecule has 11 heteroatoms. The summed E-state index contributed by atoms with van der Waals surface area (Å²) in [7, 11) is 1.20. The van der Waals surface area contributed by atoms with Crippen LogP contribution in [-0.4, -0.2) is 49.2 Å². The first-order valence-electron chi connectivity index (χ1n) is 7.77. The number of thiophene rings is 1. The topological polar surface area (TPSA) is 124 Å². The quantitative estimate of drug-likeness (QED) is 0.170. The smallest absolute Gasteiger partial charge is 0.362 e. The molecule has 0 saturated carbocycles. The predicted molar refractivity (Wildman–Crippen MR) is 97.9 cm³/mol. The number of alkyl halides is 1. The van der Waals surface area contributed by atoms with E-state index >= 15 is 0 Å². The average molecular weight is 419 g/mol. The lowest BCUT2D eigenvalue weighted by atomic mass is 10.1. The highest BCUT2D eigenvalue weighted by Gasteiger charge is 2.27. The van der Waals surface area contributed by atoms with E-state index in [1.54, 1.807) is 13.8 Å². The number of azo groups is 1. The standard InChI is InChI=1S/C16H19ClN2O7S/c1-5-25-14(21)10-8(3)12(16(23)24-4)27-13(10)19-18-11(9(20)7-17)15(22)26-6-2/h20H,5-7H2,1-4H3/b11-9+,19-18?. The van der Waals surface area contributed by atoms with Gasteiger partial charge in [0.05, 0.1) is 26.2 Å². The van der Waals surface area contributed by atoms with Gasteiger partial charge in [-0.05, 0) is 26.3 Å². The molecule has 0 aromatic carbocycles. The molecule has 9 nitrogen and oxygen atoms in total. The zero-order valence-electron chi connectivity index (χ0n) is 15.2. The van der Waals surface area contributed by atoms with Gasteiger partial charge in [0.1, 0.15) is 16.2 Å². The minimum Gasteiger partial charge on any atom is -0.508 e. The SMILES string of the molecule is CCOC(=O)/C(N=Nc1sc(C(=O)OC)c(C)c1C(=O)OCC)=C(\O)CCl. The lowest BCUT2D eigenvalue weighted by Crippen LogP contribution is -2.09. The number of halogens is 1. The van der Waals surface area contributed by atoms with E-state index in [1.807, 2.05) is 0 Å². The molecule has 0 aliphatic rings. The summed E-state index contributed by atoms with van der Waals surface area (Å²) in [5, 5.41) is 17.3. The number of methoxy groups -OCH3 is 1. The number of nitrogens with zero attached hydrogens (tertiary/aromatic N) is 2. The van der Waals surface area contributed by atoms with Crippen molar-refractivity contribution in [3.05, 3.63) is 27.5 Å². The molecule has 0 radical (unpaired) electrons. The van der Waals surface area contributed by atoms with Gasteiger partial charge in [0.25, 0.3) is 0 Å². The van der Waals surface area contributed by atoms with Crippen LogP contribution in [0, 0.1) is 6.92 Å². The molecule has 27 heavy (non-hydrogen) atoms. The summed E-state index contributed by atoms with van der Waals surface area (Å²) >= 11 is 6.37. The fourth-order valence-corrected chi connectivity index (χ4v) is 3.04. The van der Waals surface area contributed by atoms with Crippen LogP contribution >= 0.6 is 22.9 Å². The monoisotopic (exact) mass is 418 g/mol. The number of ether oxygens (including phenoxy) is 3. The van der Waals surface area contributed by atoms with Gasteiger partial charge in [-0.2, -0.15) is 0 Å². The number of rotatable bonds is 8. The van der Waals surface area contributed by atoms with Crippen molar-refractivity contribution >= 4 is 45.8 Å². The molecule has 0 unspecified atom stereocenters. The van der Waals surface area contributed by atoms with Crippen molar-refractivity contribution in [3.8, 4) is 0 Å². The van der Waals surface area contributed by atoms with Crippen LogP contribution in [0.4, 0.5) is 5.00 Å². The number of carbonyl (C=O) groups is 3. The van der Waals surface area contributed by atoms with E-state index in [9.17, 15) is 19.5 Å².